The monoisotopic (exact) mass is 256 g/mol. The van der Waals surface area contributed by atoms with Crippen molar-refractivity contribution in [1.82, 2.24) is 0 Å². The molecule has 0 fully saturated rings. The van der Waals surface area contributed by atoms with Crippen LogP contribution in [0.1, 0.15) is 13.3 Å². The molecular weight excluding hydrogens is 242 g/mol. The lowest BCUT2D eigenvalue weighted by Gasteiger charge is -2.16. The highest BCUT2D eigenvalue weighted by Gasteiger charge is 2.20. The molecule has 6 heteroatoms. The Hall–Kier alpha value is -1.85. The Bertz CT molecular complexity index is 465. The Labute approximate surface area is 103 Å². The topological polar surface area (TPSA) is 56.8 Å². The zero-order chi connectivity index (χ0) is 13.1. The van der Waals surface area contributed by atoms with E-state index in [9.17, 15) is 8.78 Å². The number of aliphatic imine (C=N–C) groups is 1. The quantitative estimate of drug-likeness (QED) is 0.894. The van der Waals surface area contributed by atoms with Crippen LogP contribution in [0.15, 0.2) is 23.2 Å². The maximum Gasteiger partial charge on any atom is 0.282 e. The van der Waals surface area contributed by atoms with E-state index in [1.165, 1.54) is 6.07 Å². The summed E-state index contributed by atoms with van der Waals surface area (Å²) in [6.07, 6.45) is 0.283. The predicted molar refractivity (Wildman–Crippen MR) is 62.4 cm³/mol. The summed E-state index contributed by atoms with van der Waals surface area (Å²) in [5.74, 6) is -1.32. The van der Waals surface area contributed by atoms with Crippen LogP contribution >= 0.6 is 0 Å². The molecule has 1 aromatic carbocycles. The summed E-state index contributed by atoms with van der Waals surface area (Å²) in [6, 6.07) is 3.30. The van der Waals surface area contributed by atoms with Crippen LogP contribution in [-0.2, 0) is 4.74 Å². The lowest BCUT2D eigenvalue weighted by Crippen LogP contribution is -2.20. The van der Waals surface area contributed by atoms with E-state index in [1.807, 2.05) is 0 Å². The highest BCUT2D eigenvalue weighted by atomic mass is 19.1. The van der Waals surface area contributed by atoms with Gasteiger partial charge in [-0.3, -0.25) is 0 Å². The van der Waals surface area contributed by atoms with Crippen LogP contribution in [-0.4, -0.2) is 24.8 Å². The summed E-state index contributed by atoms with van der Waals surface area (Å²) in [6.45, 7) is 2.19. The van der Waals surface area contributed by atoms with Crippen LogP contribution in [0.4, 0.5) is 8.78 Å². The van der Waals surface area contributed by atoms with Crippen molar-refractivity contribution < 1.29 is 18.3 Å². The summed E-state index contributed by atoms with van der Waals surface area (Å²) >= 11 is 0. The lowest BCUT2D eigenvalue weighted by molar-refractivity contribution is 0.182. The molecule has 1 aromatic rings. The van der Waals surface area contributed by atoms with Gasteiger partial charge in [0, 0.05) is 12.5 Å². The summed E-state index contributed by atoms with van der Waals surface area (Å²) in [5, 5.41) is 0. The Morgan fingerprint density at radius 1 is 1.56 bits per heavy atom. The van der Waals surface area contributed by atoms with Crippen LogP contribution in [0.3, 0.4) is 0 Å². The maximum atomic E-state index is 13.3. The van der Waals surface area contributed by atoms with E-state index < -0.39 is 11.6 Å². The summed E-state index contributed by atoms with van der Waals surface area (Å²) < 4.78 is 36.5. The van der Waals surface area contributed by atoms with Gasteiger partial charge in [0.15, 0.2) is 11.6 Å². The molecule has 2 N–H and O–H groups in total. The molecule has 4 nitrogen and oxygen atoms in total. The molecule has 18 heavy (non-hydrogen) atoms. The van der Waals surface area contributed by atoms with Crippen LogP contribution in [0.25, 0.3) is 0 Å². The number of hydrogen-bond donors (Lipinski definition) is 1. The second kappa shape index (κ2) is 5.20. The molecule has 0 spiro atoms. The van der Waals surface area contributed by atoms with Crippen molar-refractivity contribution in [2.45, 2.75) is 25.5 Å². The van der Waals surface area contributed by atoms with E-state index in [-0.39, 0.29) is 23.9 Å². The van der Waals surface area contributed by atoms with Gasteiger partial charge in [-0.15, -0.1) is 0 Å². The average Bonchev–Trinajstić information content (AvgIpc) is 2.68. The first-order chi connectivity index (χ1) is 8.54. The zero-order valence-corrected chi connectivity index (χ0v) is 9.90. The highest BCUT2D eigenvalue weighted by molar-refractivity contribution is 5.73. The molecule has 0 bridgehead atoms. The van der Waals surface area contributed by atoms with Crippen LogP contribution < -0.4 is 10.5 Å². The Morgan fingerprint density at radius 3 is 2.94 bits per heavy atom. The molecule has 0 amide bonds. The molecule has 0 radical (unpaired) electrons. The number of halogens is 2. The van der Waals surface area contributed by atoms with Gasteiger partial charge in [0.05, 0.1) is 12.1 Å². The molecule has 1 aliphatic rings. The average molecular weight is 256 g/mol. The molecule has 1 heterocycles. The van der Waals surface area contributed by atoms with Gasteiger partial charge in [-0.05, 0) is 19.1 Å². The smallest absolute Gasteiger partial charge is 0.282 e. The minimum atomic E-state index is -0.715. The number of benzene rings is 1. The van der Waals surface area contributed by atoms with Crippen molar-refractivity contribution in [2.24, 2.45) is 10.7 Å². The standard InChI is InChI=1S/C12H14F2N2O2/c1-7(4-9-6-17-12(15)16-9)18-11-3-2-8(13)5-10(11)14/h2-3,5,7,9H,4,6H2,1H3,(H2,15,16)/t7-,9?/m1/s1. The third kappa shape index (κ3) is 3.09. The summed E-state index contributed by atoms with van der Waals surface area (Å²) in [4.78, 5) is 4.05. The SMILES string of the molecule is C[C@H](CC1COC(N)=N1)Oc1ccc(F)cc1F. The second-order valence-corrected chi connectivity index (χ2v) is 4.17. The molecule has 0 saturated heterocycles. The fourth-order valence-electron chi connectivity index (χ4n) is 1.78. The molecule has 2 atom stereocenters. The fraction of sp³-hybridized carbons (Fsp3) is 0.417. The molecule has 0 aliphatic carbocycles. The first-order valence-corrected chi connectivity index (χ1v) is 5.62. The van der Waals surface area contributed by atoms with Crippen LogP contribution in [0.2, 0.25) is 0 Å². The van der Waals surface area contributed by atoms with Crippen molar-refractivity contribution in [2.75, 3.05) is 6.61 Å². The Balaban J connectivity index is 1.92. The lowest BCUT2D eigenvalue weighted by atomic mass is 10.1. The highest BCUT2D eigenvalue weighted by Crippen LogP contribution is 2.21. The predicted octanol–water partition coefficient (Wildman–Crippen LogP) is 1.84. The second-order valence-electron chi connectivity index (χ2n) is 4.17. The molecule has 1 unspecified atom stereocenters. The van der Waals surface area contributed by atoms with Crippen molar-refractivity contribution >= 4 is 6.02 Å². The maximum absolute atomic E-state index is 13.3. The van der Waals surface area contributed by atoms with Gasteiger partial charge >= 0.3 is 0 Å². The minimum absolute atomic E-state index is 0.0276. The van der Waals surface area contributed by atoms with Crippen molar-refractivity contribution in [3.63, 3.8) is 0 Å². The summed E-state index contributed by atoms with van der Waals surface area (Å²) in [5.41, 5.74) is 5.38. The van der Waals surface area contributed by atoms with Gasteiger partial charge in [-0.25, -0.2) is 13.8 Å². The number of amidine groups is 1. The van der Waals surface area contributed by atoms with E-state index in [2.05, 4.69) is 4.99 Å². The van der Waals surface area contributed by atoms with Gasteiger partial charge in [0.25, 0.3) is 6.02 Å². The zero-order valence-electron chi connectivity index (χ0n) is 9.90. The number of rotatable bonds is 4. The van der Waals surface area contributed by atoms with Crippen molar-refractivity contribution in [1.29, 1.82) is 0 Å². The molecular formula is C12H14F2N2O2. The van der Waals surface area contributed by atoms with E-state index in [0.29, 0.717) is 13.0 Å². The van der Waals surface area contributed by atoms with E-state index >= 15 is 0 Å². The Morgan fingerprint density at radius 2 is 2.33 bits per heavy atom. The van der Waals surface area contributed by atoms with Crippen LogP contribution in [0, 0.1) is 11.6 Å². The molecule has 98 valence electrons. The van der Waals surface area contributed by atoms with Crippen molar-refractivity contribution in [3.8, 4) is 5.75 Å². The normalized spacial score (nSPS) is 20.2. The van der Waals surface area contributed by atoms with E-state index in [1.54, 1.807) is 6.92 Å². The molecule has 0 aromatic heterocycles. The number of ether oxygens (including phenoxy) is 2. The van der Waals surface area contributed by atoms with E-state index in [4.69, 9.17) is 15.2 Å². The first kappa shape index (κ1) is 12.6. The fourth-order valence-corrected chi connectivity index (χ4v) is 1.78. The summed E-state index contributed by atoms with van der Waals surface area (Å²) in [7, 11) is 0. The van der Waals surface area contributed by atoms with Crippen LogP contribution in [0.5, 0.6) is 5.75 Å². The van der Waals surface area contributed by atoms with Gasteiger partial charge in [0.1, 0.15) is 12.4 Å². The molecule has 1 aliphatic heterocycles. The molecule has 0 saturated carbocycles. The van der Waals surface area contributed by atoms with Gasteiger partial charge in [0.2, 0.25) is 0 Å². The first-order valence-electron chi connectivity index (χ1n) is 5.62. The largest absolute Gasteiger partial charge is 0.488 e. The third-order valence-electron chi connectivity index (χ3n) is 2.56. The third-order valence-corrected chi connectivity index (χ3v) is 2.56. The van der Waals surface area contributed by atoms with Gasteiger partial charge in [-0.1, -0.05) is 0 Å². The Kier molecular flexibility index (Phi) is 3.64. The number of nitrogens with zero attached hydrogens (tertiary/aromatic N) is 1. The molecule has 2 rings (SSSR count). The van der Waals surface area contributed by atoms with E-state index in [0.717, 1.165) is 12.1 Å². The number of nitrogens with two attached hydrogens (primary N) is 1. The minimum Gasteiger partial charge on any atom is -0.488 e. The number of hydrogen-bond acceptors (Lipinski definition) is 4. The van der Waals surface area contributed by atoms with Gasteiger partial charge < -0.3 is 15.2 Å². The van der Waals surface area contributed by atoms with Crippen molar-refractivity contribution in [3.05, 3.63) is 29.8 Å². The van der Waals surface area contributed by atoms with Gasteiger partial charge in [-0.2, -0.15) is 0 Å².